The highest BCUT2D eigenvalue weighted by atomic mass is 35.5. The van der Waals surface area contributed by atoms with Crippen molar-refractivity contribution >= 4 is 39.7 Å². The van der Waals surface area contributed by atoms with Gasteiger partial charge in [0.25, 0.3) is 5.91 Å². The van der Waals surface area contributed by atoms with Crippen LogP contribution in [0.15, 0.2) is 78.5 Å². The van der Waals surface area contributed by atoms with E-state index in [0.29, 0.717) is 10.7 Å². The second-order valence-corrected chi connectivity index (χ2v) is 5.74. The van der Waals surface area contributed by atoms with Crippen molar-refractivity contribution in [2.24, 2.45) is 0 Å². The number of carbonyl (C=O) groups is 1. The molecule has 5 heteroatoms. The average molecular weight is 348 g/mol. The van der Waals surface area contributed by atoms with E-state index in [2.05, 4.69) is 10.6 Å². The Morgan fingerprint density at radius 2 is 1.72 bits per heavy atom. The summed E-state index contributed by atoms with van der Waals surface area (Å²) in [6, 6.07) is 22.3. The molecular formula is C20H14ClN3O. The number of hydrogen-bond donors (Lipinski definition) is 2. The first-order valence-corrected chi connectivity index (χ1v) is 7.96. The summed E-state index contributed by atoms with van der Waals surface area (Å²) >= 11 is 5.82. The minimum absolute atomic E-state index is 0.0251. The molecule has 4 nitrogen and oxygen atoms in total. The third-order valence-corrected chi connectivity index (χ3v) is 3.88. The number of nitrogens with zero attached hydrogens (tertiary/aromatic N) is 1. The van der Waals surface area contributed by atoms with Crippen molar-refractivity contribution in [3.63, 3.8) is 0 Å². The number of halogens is 1. The topological polar surface area (TPSA) is 64.9 Å². The van der Waals surface area contributed by atoms with E-state index in [-0.39, 0.29) is 5.57 Å². The number of fused-ring (bicyclic) bond motifs is 1. The number of carbonyl (C=O) groups excluding carboxylic acids is 1. The molecule has 3 aromatic carbocycles. The minimum Gasteiger partial charge on any atom is -0.360 e. The number of anilines is 2. The zero-order valence-corrected chi connectivity index (χ0v) is 13.9. The third-order valence-electron chi connectivity index (χ3n) is 3.63. The number of benzene rings is 3. The lowest BCUT2D eigenvalue weighted by Crippen LogP contribution is -2.14. The van der Waals surface area contributed by atoms with E-state index in [0.717, 1.165) is 16.5 Å². The fourth-order valence-corrected chi connectivity index (χ4v) is 2.51. The Hall–Kier alpha value is -3.29. The number of nitrogens with one attached hydrogen (secondary N) is 2. The lowest BCUT2D eigenvalue weighted by molar-refractivity contribution is -0.112. The highest BCUT2D eigenvalue weighted by Gasteiger charge is 2.09. The number of amides is 1. The van der Waals surface area contributed by atoms with Crippen molar-refractivity contribution in [1.82, 2.24) is 0 Å². The monoisotopic (exact) mass is 347 g/mol. The highest BCUT2D eigenvalue weighted by molar-refractivity contribution is 6.30. The van der Waals surface area contributed by atoms with Gasteiger partial charge in [0.05, 0.1) is 0 Å². The van der Waals surface area contributed by atoms with Gasteiger partial charge in [-0.2, -0.15) is 5.26 Å². The molecule has 0 fully saturated rings. The van der Waals surface area contributed by atoms with Gasteiger partial charge in [0.1, 0.15) is 11.6 Å². The highest BCUT2D eigenvalue weighted by Crippen LogP contribution is 2.23. The van der Waals surface area contributed by atoms with Gasteiger partial charge in [-0.3, -0.25) is 4.79 Å². The second kappa shape index (κ2) is 7.52. The van der Waals surface area contributed by atoms with E-state index in [1.54, 1.807) is 24.3 Å². The van der Waals surface area contributed by atoms with E-state index < -0.39 is 5.91 Å². The van der Waals surface area contributed by atoms with Gasteiger partial charge in [-0.1, -0.05) is 48.0 Å². The number of hydrogen-bond acceptors (Lipinski definition) is 3. The first-order valence-electron chi connectivity index (χ1n) is 7.59. The van der Waals surface area contributed by atoms with E-state index in [4.69, 9.17) is 11.6 Å². The molecule has 3 rings (SSSR count). The van der Waals surface area contributed by atoms with Gasteiger partial charge in [0.2, 0.25) is 0 Å². The van der Waals surface area contributed by atoms with Crippen LogP contribution in [-0.2, 0) is 4.79 Å². The maximum absolute atomic E-state index is 12.2. The molecule has 0 radical (unpaired) electrons. The van der Waals surface area contributed by atoms with Crippen molar-refractivity contribution in [2.75, 3.05) is 10.6 Å². The Balaban J connectivity index is 1.79. The van der Waals surface area contributed by atoms with Gasteiger partial charge in [0, 0.05) is 28.0 Å². The molecule has 0 saturated carbocycles. The quantitative estimate of drug-likeness (QED) is 0.518. The second-order valence-electron chi connectivity index (χ2n) is 5.30. The molecule has 0 unspecified atom stereocenters. The SMILES string of the molecule is N#C/C(=C/Nc1cccc2ccccc12)C(=O)Nc1ccc(Cl)cc1. The molecule has 3 aromatic rings. The minimum atomic E-state index is -0.488. The molecule has 122 valence electrons. The molecule has 0 heterocycles. The van der Waals surface area contributed by atoms with Crippen molar-refractivity contribution in [2.45, 2.75) is 0 Å². The van der Waals surface area contributed by atoms with Crippen molar-refractivity contribution in [3.05, 3.63) is 83.5 Å². The molecule has 2 N–H and O–H groups in total. The molecule has 0 bridgehead atoms. The van der Waals surface area contributed by atoms with Gasteiger partial charge in [-0.25, -0.2) is 0 Å². The van der Waals surface area contributed by atoms with Crippen LogP contribution in [-0.4, -0.2) is 5.91 Å². The normalized spacial score (nSPS) is 11.0. The van der Waals surface area contributed by atoms with Crippen LogP contribution >= 0.6 is 11.6 Å². The Labute approximate surface area is 150 Å². The van der Waals surface area contributed by atoms with E-state index in [1.165, 1.54) is 6.20 Å². The van der Waals surface area contributed by atoms with Gasteiger partial charge in [0.15, 0.2) is 0 Å². The Morgan fingerprint density at radius 1 is 1.00 bits per heavy atom. The van der Waals surface area contributed by atoms with Crippen LogP contribution in [0.1, 0.15) is 0 Å². The molecule has 0 aromatic heterocycles. The zero-order valence-electron chi connectivity index (χ0n) is 13.2. The largest absolute Gasteiger partial charge is 0.360 e. The molecule has 0 aliphatic carbocycles. The van der Waals surface area contributed by atoms with Crippen LogP contribution in [0.25, 0.3) is 10.8 Å². The molecule has 0 aliphatic heterocycles. The van der Waals surface area contributed by atoms with Gasteiger partial charge in [-0.15, -0.1) is 0 Å². The first-order chi connectivity index (χ1) is 12.2. The van der Waals surface area contributed by atoms with E-state index in [1.807, 2.05) is 48.5 Å². The first kappa shape index (κ1) is 16.6. The zero-order chi connectivity index (χ0) is 17.6. The standard InChI is InChI=1S/C20H14ClN3O/c21-16-8-10-17(11-9-16)24-20(25)15(12-22)13-23-19-7-3-5-14-4-1-2-6-18(14)19/h1-11,13,23H,(H,24,25)/b15-13-. The van der Waals surface area contributed by atoms with Gasteiger partial charge < -0.3 is 10.6 Å². The maximum atomic E-state index is 12.2. The van der Waals surface area contributed by atoms with Crippen LogP contribution < -0.4 is 10.6 Å². The molecular weight excluding hydrogens is 334 g/mol. The van der Waals surface area contributed by atoms with Crippen LogP contribution in [0.3, 0.4) is 0 Å². The fourth-order valence-electron chi connectivity index (χ4n) is 2.38. The summed E-state index contributed by atoms with van der Waals surface area (Å²) in [6.45, 7) is 0. The summed E-state index contributed by atoms with van der Waals surface area (Å²) in [5.74, 6) is -0.488. The molecule has 1 amide bonds. The van der Waals surface area contributed by atoms with E-state index in [9.17, 15) is 10.1 Å². The summed E-state index contributed by atoms with van der Waals surface area (Å²) < 4.78 is 0. The van der Waals surface area contributed by atoms with Crippen LogP contribution in [0, 0.1) is 11.3 Å². The van der Waals surface area contributed by atoms with Crippen LogP contribution in [0.4, 0.5) is 11.4 Å². The molecule has 0 aliphatic rings. The Kier molecular flexibility index (Phi) is 4.98. The van der Waals surface area contributed by atoms with Crippen molar-refractivity contribution < 1.29 is 4.79 Å². The summed E-state index contributed by atoms with van der Waals surface area (Å²) in [4.78, 5) is 12.2. The average Bonchev–Trinajstić information content (AvgIpc) is 2.64. The van der Waals surface area contributed by atoms with Crippen LogP contribution in [0.2, 0.25) is 5.02 Å². The van der Waals surface area contributed by atoms with E-state index >= 15 is 0 Å². The molecule has 25 heavy (non-hydrogen) atoms. The maximum Gasteiger partial charge on any atom is 0.267 e. The number of rotatable bonds is 4. The van der Waals surface area contributed by atoms with Crippen LogP contribution in [0.5, 0.6) is 0 Å². The lowest BCUT2D eigenvalue weighted by Gasteiger charge is -2.07. The van der Waals surface area contributed by atoms with Crippen molar-refractivity contribution in [3.8, 4) is 6.07 Å². The lowest BCUT2D eigenvalue weighted by atomic mass is 10.1. The molecule has 0 spiro atoms. The van der Waals surface area contributed by atoms with Gasteiger partial charge in [-0.05, 0) is 35.7 Å². The third kappa shape index (κ3) is 3.97. The summed E-state index contributed by atoms with van der Waals surface area (Å²) in [7, 11) is 0. The van der Waals surface area contributed by atoms with Gasteiger partial charge >= 0.3 is 0 Å². The predicted molar refractivity (Wildman–Crippen MR) is 101 cm³/mol. The fraction of sp³-hybridized carbons (Fsp3) is 0. The summed E-state index contributed by atoms with van der Waals surface area (Å²) in [5, 5.41) is 17.6. The Bertz CT molecular complexity index is 982. The summed E-state index contributed by atoms with van der Waals surface area (Å²) in [6.07, 6.45) is 1.41. The molecule has 0 atom stereocenters. The molecule has 0 saturated heterocycles. The Morgan fingerprint density at radius 3 is 2.48 bits per heavy atom. The summed E-state index contributed by atoms with van der Waals surface area (Å²) in [5.41, 5.74) is 1.37. The number of nitriles is 1. The predicted octanol–water partition coefficient (Wildman–Crippen LogP) is 4.95. The van der Waals surface area contributed by atoms with Crippen molar-refractivity contribution in [1.29, 1.82) is 5.26 Å². The smallest absolute Gasteiger partial charge is 0.267 e.